The Morgan fingerprint density at radius 3 is 2.62 bits per heavy atom. The molecule has 0 radical (unpaired) electrons. The molecule has 1 aliphatic heterocycles. The van der Waals surface area contributed by atoms with Gasteiger partial charge in [-0.1, -0.05) is 36.4 Å². The quantitative estimate of drug-likeness (QED) is 0.886. The number of rotatable bonds is 5. The first-order valence-corrected chi connectivity index (χ1v) is 7.01. The highest BCUT2D eigenvalue weighted by atomic mass is 16.7. The van der Waals surface area contributed by atoms with Gasteiger partial charge in [0, 0.05) is 6.54 Å². The van der Waals surface area contributed by atoms with Crippen LogP contribution in [0.5, 0.6) is 11.5 Å². The summed E-state index contributed by atoms with van der Waals surface area (Å²) in [6.45, 7) is 2.92. The molecule has 1 heterocycles. The van der Waals surface area contributed by atoms with Gasteiger partial charge in [0.1, 0.15) is 0 Å². The molecular weight excluding hydrogens is 266 g/mol. The first-order valence-electron chi connectivity index (χ1n) is 7.01. The molecule has 1 unspecified atom stereocenters. The molecule has 2 aromatic rings. The van der Waals surface area contributed by atoms with Crippen molar-refractivity contribution in [2.24, 2.45) is 0 Å². The number of aliphatic hydroxyl groups excluding tert-OH is 1. The zero-order chi connectivity index (χ0) is 14.7. The van der Waals surface area contributed by atoms with E-state index in [0.29, 0.717) is 6.54 Å². The van der Waals surface area contributed by atoms with Crippen LogP contribution in [0.15, 0.2) is 48.5 Å². The van der Waals surface area contributed by atoms with Crippen LogP contribution >= 0.6 is 0 Å². The maximum absolute atomic E-state index is 9.83. The number of ether oxygens (including phenoxy) is 2. The highest BCUT2D eigenvalue weighted by Gasteiger charge is 2.27. The van der Waals surface area contributed by atoms with E-state index in [9.17, 15) is 5.11 Å². The fourth-order valence-corrected chi connectivity index (χ4v) is 2.38. The van der Waals surface area contributed by atoms with E-state index >= 15 is 0 Å². The summed E-state index contributed by atoms with van der Waals surface area (Å²) >= 11 is 0. The molecule has 0 fully saturated rings. The van der Waals surface area contributed by atoms with Crippen molar-refractivity contribution in [2.45, 2.75) is 19.0 Å². The molecule has 0 saturated heterocycles. The third kappa shape index (κ3) is 2.86. The maximum atomic E-state index is 9.83. The molecule has 4 heteroatoms. The van der Waals surface area contributed by atoms with Crippen molar-refractivity contribution < 1.29 is 14.6 Å². The molecule has 1 atom stereocenters. The third-order valence-electron chi connectivity index (χ3n) is 3.85. The molecule has 1 aliphatic rings. The van der Waals surface area contributed by atoms with Crippen LogP contribution in [0.3, 0.4) is 0 Å². The second-order valence-electron chi connectivity index (χ2n) is 5.40. The Morgan fingerprint density at radius 1 is 1.10 bits per heavy atom. The summed E-state index contributed by atoms with van der Waals surface area (Å²) in [5.74, 6) is 1.48. The van der Waals surface area contributed by atoms with Crippen LogP contribution in [0.1, 0.15) is 18.1 Å². The van der Waals surface area contributed by atoms with Gasteiger partial charge in [0.2, 0.25) is 6.79 Å². The van der Waals surface area contributed by atoms with Gasteiger partial charge in [0.05, 0.1) is 12.1 Å². The molecule has 4 nitrogen and oxygen atoms in total. The number of hydrogen-bond donors (Lipinski definition) is 2. The van der Waals surface area contributed by atoms with E-state index in [2.05, 4.69) is 17.4 Å². The van der Waals surface area contributed by atoms with E-state index in [1.807, 2.05) is 43.3 Å². The standard InChI is InChI=1S/C17H19NO3/c1-17(11-19,18-10-13-5-3-2-4-6-13)14-7-8-15-16(9-14)21-12-20-15/h2-9,18-19H,10-12H2,1H3. The van der Waals surface area contributed by atoms with Crippen LogP contribution in [0.2, 0.25) is 0 Å². The zero-order valence-corrected chi connectivity index (χ0v) is 12.0. The Labute approximate surface area is 124 Å². The smallest absolute Gasteiger partial charge is 0.231 e. The van der Waals surface area contributed by atoms with Crippen molar-refractivity contribution in [3.63, 3.8) is 0 Å². The molecule has 21 heavy (non-hydrogen) atoms. The lowest BCUT2D eigenvalue weighted by Crippen LogP contribution is -2.42. The maximum Gasteiger partial charge on any atom is 0.231 e. The van der Waals surface area contributed by atoms with Gasteiger partial charge in [0.25, 0.3) is 0 Å². The Kier molecular flexibility index (Phi) is 3.82. The van der Waals surface area contributed by atoms with E-state index in [1.54, 1.807) is 0 Å². The largest absolute Gasteiger partial charge is 0.454 e. The highest BCUT2D eigenvalue weighted by Crippen LogP contribution is 2.35. The molecule has 110 valence electrons. The fraction of sp³-hybridized carbons (Fsp3) is 0.294. The molecule has 0 aromatic heterocycles. The van der Waals surface area contributed by atoms with Crippen LogP contribution in [-0.4, -0.2) is 18.5 Å². The Morgan fingerprint density at radius 2 is 1.86 bits per heavy atom. The van der Waals surface area contributed by atoms with Gasteiger partial charge >= 0.3 is 0 Å². The topological polar surface area (TPSA) is 50.7 Å². The monoisotopic (exact) mass is 285 g/mol. The van der Waals surface area contributed by atoms with Crippen molar-refractivity contribution in [2.75, 3.05) is 13.4 Å². The van der Waals surface area contributed by atoms with Crippen LogP contribution in [0.4, 0.5) is 0 Å². The minimum Gasteiger partial charge on any atom is -0.454 e. The third-order valence-corrected chi connectivity index (χ3v) is 3.85. The molecule has 2 N–H and O–H groups in total. The summed E-state index contributed by atoms with van der Waals surface area (Å²) < 4.78 is 10.7. The van der Waals surface area contributed by atoms with Gasteiger partial charge in [-0.25, -0.2) is 0 Å². The van der Waals surface area contributed by atoms with Crippen LogP contribution < -0.4 is 14.8 Å². The summed E-state index contributed by atoms with van der Waals surface area (Å²) in [5.41, 5.74) is 1.62. The Balaban J connectivity index is 1.79. The first-order chi connectivity index (χ1) is 10.2. The molecule has 3 rings (SSSR count). The van der Waals surface area contributed by atoms with Crippen molar-refractivity contribution in [3.8, 4) is 11.5 Å². The van der Waals surface area contributed by atoms with Crippen molar-refractivity contribution in [3.05, 3.63) is 59.7 Å². The number of fused-ring (bicyclic) bond motifs is 1. The molecule has 0 aliphatic carbocycles. The minimum absolute atomic E-state index is 0.000518. The van der Waals surface area contributed by atoms with Crippen LogP contribution in [0, 0.1) is 0 Å². The predicted molar refractivity (Wildman–Crippen MR) is 80.3 cm³/mol. The second kappa shape index (κ2) is 5.76. The molecule has 0 bridgehead atoms. The lowest BCUT2D eigenvalue weighted by Gasteiger charge is -2.29. The fourth-order valence-electron chi connectivity index (χ4n) is 2.38. The molecule has 0 saturated carbocycles. The molecule has 2 aromatic carbocycles. The molecule has 0 amide bonds. The van der Waals surface area contributed by atoms with Gasteiger partial charge in [-0.3, -0.25) is 0 Å². The van der Waals surface area contributed by atoms with Gasteiger partial charge < -0.3 is 19.9 Å². The van der Waals surface area contributed by atoms with Crippen LogP contribution in [0.25, 0.3) is 0 Å². The summed E-state index contributed by atoms with van der Waals surface area (Å²) in [6.07, 6.45) is 0. The summed E-state index contributed by atoms with van der Waals surface area (Å²) in [5, 5.41) is 13.3. The molecular formula is C17H19NO3. The average molecular weight is 285 g/mol. The number of aliphatic hydroxyl groups is 1. The Bertz CT molecular complexity index is 615. The SMILES string of the molecule is CC(CO)(NCc1ccccc1)c1ccc2c(c1)OCO2. The lowest BCUT2D eigenvalue weighted by atomic mass is 9.92. The van der Waals surface area contributed by atoms with E-state index in [4.69, 9.17) is 9.47 Å². The van der Waals surface area contributed by atoms with Crippen molar-refractivity contribution >= 4 is 0 Å². The normalized spacial score (nSPS) is 15.7. The van der Waals surface area contributed by atoms with E-state index in [-0.39, 0.29) is 13.4 Å². The Hall–Kier alpha value is -2.04. The van der Waals surface area contributed by atoms with Gasteiger partial charge in [-0.15, -0.1) is 0 Å². The predicted octanol–water partition coefficient (Wildman–Crippen LogP) is 2.41. The molecule has 0 spiro atoms. The first kappa shape index (κ1) is 13.9. The lowest BCUT2D eigenvalue weighted by molar-refractivity contribution is 0.170. The highest BCUT2D eigenvalue weighted by molar-refractivity contribution is 5.46. The second-order valence-corrected chi connectivity index (χ2v) is 5.40. The van der Waals surface area contributed by atoms with Crippen LogP contribution in [-0.2, 0) is 12.1 Å². The van der Waals surface area contributed by atoms with E-state index in [1.165, 1.54) is 5.56 Å². The zero-order valence-electron chi connectivity index (χ0n) is 12.0. The van der Waals surface area contributed by atoms with E-state index < -0.39 is 5.54 Å². The number of nitrogens with one attached hydrogen (secondary N) is 1. The van der Waals surface area contributed by atoms with Gasteiger partial charge in [-0.05, 0) is 30.2 Å². The summed E-state index contributed by atoms with van der Waals surface area (Å²) in [7, 11) is 0. The minimum atomic E-state index is -0.531. The van der Waals surface area contributed by atoms with Crippen molar-refractivity contribution in [1.29, 1.82) is 0 Å². The van der Waals surface area contributed by atoms with E-state index in [0.717, 1.165) is 17.1 Å². The number of hydrogen-bond acceptors (Lipinski definition) is 4. The van der Waals surface area contributed by atoms with Crippen molar-refractivity contribution in [1.82, 2.24) is 5.32 Å². The summed E-state index contributed by atoms with van der Waals surface area (Å²) in [4.78, 5) is 0. The van der Waals surface area contributed by atoms with Gasteiger partial charge in [0.15, 0.2) is 11.5 Å². The van der Waals surface area contributed by atoms with Gasteiger partial charge in [-0.2, -0.15) is 0 Å². The summed E-state index contributed by atoms with van der Waals surface area (Å²) in [6, 6.07) is 15.9. The average Bonchev–Trinajstić information content (AvgIpc) is 3.01. The number of benzene rings is 2.